The Morgan fingerprint density at radius 2 is 0.516 bits per heavy atom. The van der Waals surface area contributed by atoms with Crippen LogP contribution in [0, 0.1) is 0 Å². The molecule has 2 heteroatoms. The van der Waals surface area contributed by atoms with Gasteiger partial charge in [0.2, 0.25) is 0 Å². The van der Waals surface area contributed by atoms with Gasteiger partial charge in [-0.25, -0.2) is 0 Å². The molecule has 290 valence electrons. The fourth-order valence-corrected chi connectivity index (χ4v) is 9.51. The standard InChI is InChI=1S/C60H40N2/c1-6-16-41(17-7-1)46-26-31-51(32-27-46)61-56-33-28-49(44-22-12-4-13-23-44)38-54(56)55-39-50(45-24-14-5-15-25-45)40-59(60(55)61)62-57-34-29-47(42-18-8-2-9-19-42)36-52(57)53-37-48(30-35-58(53)62)43-20-10-3-11-21-43/h1-40H. The quantitative estimate of drug-likeness (QED) is 0.152. The molecule has 0 saturated carbocycles. The van der Waals surface area contributed by atoms with E-state index in [-0.39, 0.29) is 0 Å². The fourth-order valence-electron chi connectivity index (χ4n) is 9.51. The van der Waals surface area contributed by atoms with Crippen LogP contribution in [0.3, 0.4) is 0 Å². The van der Waals surface area contributed by atoms with E-state index in [4.69, 9.17) is 0 Å². The zero-order valence-corrected chi connectivity index (χ0v) is 34.0. The second-order valence-electron chi connectivity index (χ2n) is 16.1. The number of aromatic nitrogens is 2. The summed E-state index contributed by atoms with van der Waals surface area (Å²) in [6.07, 6.45) is 0. The van der Waals surface area contributed by atoms with Crippen LogP contribution in [0.1, 0.15) is 0 Å². The minimum Gasteiger partial charge on any atom is -0.307 e. The zero-order valence-electron chi connectivity index (χ0n) is 34.0. The molecule has 0 atom stereocenters. The molecule has 0 unspecified atom stereocenters. The minimum atomic E-state index is 1.12. The van der Waals surface area contributed by atoms with Gasteiger partial charge in [-0.2, -0.15) is 0 Å². The van der Waals surface area contributed by atoms with Gasteiger partial charge >= 0.3 is 0 Å². The van der Waals surface area contributed by atoms with E-state index in [2.05, 4.69) is 252 Å². The molecule has 0 aliphatic rings. The Morgan fingerprint density at radius 1 is 0.210 bits per heavy atom. The van der Waals surface area contributed by atoms with E-state index in [1.807, 2.05) is 0 Å². The summed E-state index contributed by atoms with van der Waals surface area (Å²) < 4.78 is 5.02. The van der Waals surface area contributed by atoms with Crippen LogP contribution >= 0.6 is 0 Å². The molecule has 12 aromatic rings. The highest BCUT2D eigenvalue weighted by molar-refractivity contribution is 6.17. The van der Waals surface area contributed by atoms with Crippen LogP contribution < -0.4 is 0 Å². The van der Waals surface area contributed by atoms with Gasteiger partial charge in [0.1, 0.15) is 0 Å². The molecule has 0 aliphatic carbocycles. The number of benzene rings is 10. The molecule has 2 nitrogen and oxygen atoms in total. The third-order valence-corrected chi connectivity index (χ3v) is 12.5. The average Bonchev–Trinajstić information content (AvgIpc) is 3.87. The van der Waals surface area contributed by atoms with Gasteiger partial charge in [0.15, 0.2) is 0 Å². The molecule has 10 aromatic carbocycles. The summed E-state index contributed by atoms with van der Waals surface area (Å²) in [5, 5.41) is 4.86. The lowest BCUT2D eigenvalue weighted by atomic mass is 9.99. The van der Waals surface area contributed by atoms with Crippen molar-refractivity contribution in [2.75, 3.05) is 0 Å². The summed E-state index contributed by atoms with van der Waals surface area (Å²) in [6.45, 7) is 0. The normalized spacial score (nSPS) is 11.5. The van der Waals surface area contributed by atoms with Crippen LogP contribution in [0.2, 0.25) is 0 Å². The van der Waals surface area contributed by atoms with E-state index in [0.717, 1.165) is 33.4 Å². The second kappa shape index (κ2) is 14.8. The number of rotatable bonds is 7. The van der Waals surface area contributed by atoms with Crippen LogP contribution in [-0.4, -0.2) is 9.13 Å². The zero-order chi connectivity index (χ0) is 41.0. The van der Waals surface area contributed by atoms with E-state index in [1.165, 1.54) is 77.2 Å². The van der Waals surface area contributed by atoms with Gasteiger partial charge in [-0.15, -0.1) is 0 Å². The molecule has 0 N–H and O–H groups in total. The molecule has 12 rings (SSSR count). The highest BCUT2D eigenvalue weighted by atomic mass is 15.1. The molecule has 2 heterocycles. The Balaban J connectivity index is 1.21. The molecule has 0 saturated heterocycles. The number of hydrogen-bond acceptors (Lipinski definition) is 0. The maximum Gasteiger partial charge on any atom is 0.0782 e. The van der Waals surface area contributed by atoms with Crippen molar-refractivity contribution in [3.8, 4) is 67.0 Å². The Hall–Kier alpha value is -8.20. The summed E-state index contributed by atoms with van der Waals surface area (Å²) in [5.74, 6) is 0. The highest BCUT2D eigenvalue weighted by Gasteiger charge is 2.23. The Bertz CT molecular complexity index is 3470. The first-order valence-corrected chi connectivity index (χ1v) is 21.3. The van der Waals surface area contributed by atoms with Crippen molar-refractivity contribution in [2.45, 2.75) is 0 Å². The van der Waals surface area contributed by atoms with Crippen molar-refractivity contribution in [2.24, 2.45) is 0 Å². The molecular weight excluding hydrogens is 749 g/mol. The molecule has 0 aliphatic heterocycles. The van der Waals surface area contributed by atoms with E-state index in [9.17, 15) is 0 Å². The topological polar surface area (TPSA) is 9.86 Å². The van der Waals surface area contributed by atoms with Gasteiger partial charge in [0.25, 0.3) is 0 Å². The van der Waals surface area contributed by atoms with Crippen molar-refractivity contribution in [1.82, 2.24) is 9.13 Å². The van der Waals surface area contributed by atoms with Gasteiger partial charge in [0, 0.05) is 27.2 Å². The van der Waals surface area contributed by atoms with Crippen molar-refractivity contribution in [1.29, 1.82) is 0 Å². The van der Waals surface area contributed by atoms with Crippen molar-refractivity contribution in [3.05, 3.63) is 243 Å². The molecule has 62 heavy (non-hydrogen) atoms. The van der Waals surface area contributed by atoms with E-state index in [0.29, 0.717) is 0 Å². The van der Waals surface area contributed by atoms with E-state index >= 15 is 0 Å². The average molecular weight is 789 g/mol. The fraction of sp³-hybridized carbons (Fsp3) is 0. The van der Waals surface area contributed by atoms with Crippen LogP contribution in [0.4, 0.5) is 0 Å². The van der Waals surface area contributed by atoms with Crippen molar-refractivity contribution >= 4 is 43.6 Å². The summed E-state index contributed by atoms with van der Waals surface area (Å²) in [7, 11) is 0. The number of hydrogen-bond donors (Lipinski definition) is 0. The highest BCUT2D eigenvalue weighted by Crippen LogP contribution is 2.44. The lowest BCUT2D eigenvalue weighted by molar-refractivity contribution is 1.13. The number of fused-ring (bicyclic) bond motifs is 6. The van der Waals surface area contributed by atoms with Gasteiger partial charge in [0.05, 0.1) is 27.8 Å². The number of nitrogens with zero attached hydrogens (tertiary/aromatic N) is 2. The van der Waals surface area contributed by atoms with Gasteiger partial charge in [-0.1, -0.05) is 182 Å². The summed E-state index contributed by atoms with van der Waals surface area (Å²) in [6, 6.07) is 88.6. The first-order chi connectivity index (χ1) is 30.7. The van der Waals surface area contributed by atoms with Crippen molar-refractivity contribution < 1.29 is 0 Å². The van der Waals surface area contributed by atoms with Gasteiger partial charge in [-0.3, -0.25) is 0 Å². The van der Waals surface area contributed by atoms with E-state index in [1.54, 1.807) is 0 Å². The minimum absolute atomic E-state index is 1.12. The lowest BCUT2D eigenvalue weighted by Gasteiger charge is -2.17. The Kier molecular flexibility index (Phi) is 8.53. The first kappa shape index (κ1) is 35.7. The Morgan fingerprint density at radius 3 is 0.935 bits per heavy atom. The second-order valence-corrected chi connectivity index (χ2v) is 16.1. The SMILES string of the molecule is c1ccc(-c2ccc(-n3c4ccc(-c5ccccc5)cc4c4cc(-c5ccccc5)cc(-n5c6ccc(-c7ccccc7)cc6c6cc(-c7ccccc7)ccc65)c43)cc2)cc1. The molecule has 0 bridgehead atoms. The monoisotopic (exact) mass is 788 g/mol. The first-order valence-electron chi connectivity index (χ1n) is 21.3. The molecule has 0 spiro atoms. The molecule has 0 radical (unpaired) electrons. The maximum atomic E-state index is 2.52. The third-order valence-electron chi connectivity index (χ3n) is 12.5. The summed E-state index contributed by atoms with van der Waals surface area (Å²) in [4.78, 5) is 0. The molecule has 0 amide bonds. The molecule has 0 fully saturated rings. The van der Waals surface area contributed by atoms with E-state index < -0.39 is 0 Å². The van der Waals surface area contributed by atoms with Crippen LogP contribution in [0.25, 0.3) is 111 Å². The summed E-state index contributed by atoms with van der Waals surface area (Å²) >= 11 is 0. The lowest BCUT2D eigenvalue weighted by Crippen LogP contribution is -2.01. The molecular formula is C60H40N2. The van der Waals surface area contributed by atoms with Crippen LogP contribution in [0.15, 0.2) is 243 Å². The van der Waals surface area contributed by atoms with Crippen molar-refractivity contribution in [3.63, 3.8) is 0 Å². The smallest absolute Gasteiger partial charge is 0.0782 e. The predicted octanol–water partition coefficient (Wildman–Crippen LogP) is 16.2. The van der Waals surface area contributed by atoms with Gasteiger partial charge < -0.3 is 9.13 Å². The largest absolute Gasteiger partial charge is 0.307 e. The maximum absolute atomic E-state index is 2.52. The third kappa shape index (κ3) is 6.04. The Labute approximate surface area is 360 Å². The van der Waals surface area contributed by atoms with Gasteiger partial charge in [-0.05, 0) is 116 Å². The van der Waals surface area contributed by atoms with Crippen LogP contribution in [-0.2, 0) is 0 Å². The van der Waals surface area contributed by atoms with Crippen LogP contribution in [0.5, 0.6) is 0 Å². The predicted molar refractivity (Wildman–Crippen MR) is 262 cm³/mol. The molecule has 2 aromatic heterocycles. The summed E-state index contributed by atoms with van der Waals surface area (Å²) in [5.41, 5.74) is 18.9.